The first-order valence-corrected chi connectivity index (χ1v) is 12.3. The molecule has 0 heterocycles. The van der Waals surface area contributed by atoms with Gasteiger partial charge in [0.2, 0.25) is 11.8 Å². The van der Waals surface area contributed by atoms with Crippen LogP contribution in [0.5, 0.6) is 0 Å². The molecule has 1 unspecified atom stereocenters. The number of aliphatic carboxylic acids is 1. The second-order valence-corrected chi connectivity index (χ2v) is 8.80. The number of ether oxygens (including phenoxy) is 2. The van der Waals surface area contributed by atoms with E-state index in [1.54, 1.807) is 31.2 Å². The van der Waals surface area contributed by atoms with Crippen LogP contribution in [0.15, 0.2) is 54.6 Å². The number of carbonyl (C=O) groups is 5. The molecule has 0 saturated carbocycles. The summed E-state index contributed by atoms with van der Waals surface area (Å²) in [5.41, 5.74) is 2.77. The Balaban J connectivity index is 1.73. The highest BCUT2D eigenvalue weighted by atomic mass is 16.5. The van der Waals surface area contributed by atoms with Crippen LogP contribution in [0.1, 0.15) is 30.0 Å². The van der Waals surface area contributed by atoms with Crippen molar-refractivity contribution in [1.29, 1.82) is 0 Å². The first-order chi connectivity index (χ1) is 18.3. The maximum Gasteiger partial charge on any atom is 0.408 e. The number of fused-ring (bicyclic) bond motifs is 1. The minimum atomic E-state index is -1.39. The fraction of sp³-hybridized carbons (Fsp3) is 0.370. The van der Waals surface area contributed by atoms with Crippen molar-refractivity contribution >= 4 is 29.8 Å². The summed E-state index contributed by atoms with van der Waals surface area (Å²) in [7, 11) is 0. The summed E-state index contributed by atoms with van der Waals surface area (Å²) in [6.07, 6.45) is -0.458. The highest BCUT2D eigenvalue weighted by Gasteiger charge is 2.36. The monoisotopic (exact) mass is 525 g/mol. The standard InChI is InChI=1S/C27H31N3O8/c1-2-37-23(33)14-21(29-27(36)38-16-17-8-4-3-5-9-17)25(34)30-24(26(35)28-15-22(31)32)20-12-18-10-6-7-11-19(18)13-20/h3-11,20-21,24H,2,12-16H2,1H3,(H,28,35)(H,29,36)(H,30,34)(H,31,32)/t21-,24?/m0/s1. The second-order valence-electron chi connectivity index (χ2n) is 8.80. The highest BCUT2D eigenvalue weighted by Crippen LogP contribution is 2.29. The Morgan fingerprint density at radius 1 is 0.895 bits per heavy atom. The first kappa shape index (κ1) is 28.2. The van der Waals surface area contributed by atoms with Gasteiger partial charge in [0.05, 0.1) is 13.0 Å². The molecule has 11 heteroatoms. The average Bonchev–Trinajstić information content (AvgIpc) is 3.33. The van der Waals surface area contributed by atoms with Crippen LogP contribution >= 0.6 is 0 Å². The van der Waals surface area contributed by atoms with Gasteiger partial charge in [-0.1, -0.05) is 54.6 Å². The molecular formula is C27H31N3O8. The molecule has 0 aliphatic heterocycles. The second kappa shape index (κ2) is 13.8. The van der Waals surface area contributed by atoms with E-state index in [1.807, 2.05) is 30.3 Å². The SMILES string of the molecule is CCOC(=O)C[C@H](NC(=O)OCc1ccccc1)C(=O)NC(C(=O)NCC(=O)O)C1Cc2ccccc2C1. The van der Waals surface area contributed by atoms with E-state index < -0.39 is 54.9 Å². The summed E-state index contributed by atoms with van der Waals surface area (Å²) in [5.74, 6) is -3.81. The number of benzene rings is 2. The number of carboxylic acid groups (broad SMARTS) is 1. The number of rotatable bonds is 12. The number of alkyl carbamates (subject to hydrolysis) is 1. The topological polar surface area (TPSA) is 160 Å². The fourth-order valence-electron chi connectivity index (χ4n) is 4.26. The van der Waals surface area contributed by atoms with Gasteiger partial charge in [-0.2, -0.15) is 0 Å². The summed E-state index contributed by atoms with van der Waals surface area (Å²) >= 11 is 0. The van der Waals surface area contributed by atoms with E-state index in [-0.39, 0.29) is 19.1 Å². The molecule has 2 aromatic carbocycles. The van der Waals surface area contributed by atoms with E-state index in [0.29, 0.717) is 12.8 Å². The van der Waals surface area contributed by atoms with Gasteiger partial charge < -0.3 is 30.5 Å². The molecule has 11 nitrogen and oxygen atoms in total. The normalized spacial score (nSPS) is 13.9. The van der Waals surface area contributed by atoms with E-state index >= 15 is 0 Å². The first-order valence-electron chi connectivity index (χ1n) is 12.3. The van der Waals surface area contributed by atoms with Gasteiger partial charge >= 0.3 is 18.0 Å². The molecule has 2 aromatic rings. The lowest BCUT2D eigenvalue weighted by molar-refractivity contribution is -0.145. The molecule has 2 atom stereocenters. The predicted octanol–water partition coefficient (Wildman–Crippen LogP) is 1.34. The average molecular weight is 526 g/mol. The number of amides is 3. The van der Waals surface area contributed by atoms with Gasteiger partial charge in [-0.25, -0.2) is 4.79 Å². The molecule has 0 spiro atoms. The van der Waals surface area contributed by atoms with Crippen molar-refractivity contribution in [3.63, 3.8) is 0 Å². The molecule has 1 aliphatic carbocycles. The van der Waals surface area contributed by atoms with Gasteiger partial charge in [-0.3, -0.25) is 19.2 Å². The van der Waals surface area contributed by atoms with Crippen LogP contribution in [0.2, 0.25) is 0 Å². The van der Waals surface area contributed by atoms with Crippen LogP contribution in [-0.2, 0) is 48.1 Å². The van der Waals surface area contributed by atoms with Crippen LogP contribution in [0.3, 0.4) is 0 Å². The molecule has 3 amide bonds. The quantitative estimate of drug-likeness (QED) is 0.302. The van der Waals surface area contributed by atoms with Crippen molar-refractivity contribution < 1.29 is 38.6 Å². The van der Waals surface area contributed by atoms with Gasteiger partial charge in [0.1, 0.15) is 25.2 Å². The van der Waals surface area contributed by atoms with E-state index in [9.17, 15) is 24.0 Å². The van der Waals surface area contributed by atoms with Crippen molar-refractivity contribution in [3.8, 4) is 0 Å². The lowest BCUT2D eigenvalue weighted by Crippen LogP contribution is -2.57. The minimum absolute atomic E-state index is 0.0546. The molecule has 0 saturated heterocycles. The number of hydrogen-bond donors (Lipinski definition) is 4. The van der Waals surface area contributed by atoms with Gasteiger partial charge in [-0.15, -0.1) is 0 Å². The van der Waals surface area contributed by atoms with Crippen molar-refractivity contribution in [2.45, 2.75) is 44.9 Å². The zero-order chi connectivity index (χ0) is 27.5. The van der Waals surface area contributed by atoms with Crippen LogP contribution in [0, 0.1) is 5.92 Å². The molecule has 0 bridgehead atoms. The van der Waals surface area contributed by atoms with E-state index in [2.05, 4.69) is 16.0 Å². The van der Waals surface area contributed by atoms with Crippen molar-refractivity contribution in [1.82, 2.24) is 16.0 Å². The lowest BCUT2D eigenvalue weighted by atomic mass is 9.95. The van der Waals surface area contributed by atoms with Gasteiger partial charge in [-0.05, 0) is 42.4 Å². The van der Waals surface area contributed by atoms with Gasteiger partial charge in [0.25, 0.3) is 0 Å². The lowest BCUT2D eigenvalue weighted by Gasteiger charge is -2.26. The highest BCUT2D eigenvalue weighted by molar-refractivity contribution is 5.94. The Hall–Kier alpha value is -4.41. The van der Waals surface area contributed by atoms with Crippen LogP contribution in [-0.4, -0.2) is 60.2 Å². The van der Waals surface area contributed by atoms with E-state index in [0.717, 1.165) is 16.7 Å². The van der Waals surface area contributed by atoms with Crippen molar-refractivity contribution in [2.24, 2.45) is 5.92 Å². The van der Waals surface area contributed by atoms with Crippen LogP contribution in [0.25, 0.3) is 0 Å². The van der Waals surface area contributed by atoms with Crippen molar-refractivity contribution in [2.75, 3.05) is 13.2 Å². The molecule has 0 fully saturated rings. The Kier molecular flexibility index (Phi) is 10.2. The summed E-state index contributed by atoms with van der Waals surface area (Å²) < 4.78 is 10.1. The fourth-order valence-corrected chi connectivity index (χ4v) is 4.26. The summed E-state index contributed by atoms with van der Waals surface area (Å²) in [4.78, 5) is 61.9. The minimum Gasteiger partial charge on any atom is -0.480 e. The Morgan fingerprint density at radius 3 is 2.13 bits per heavy atom. The van der Waals surface area contributed by atoms with E-state index in [1.165, 1.54) is 0 Å². The smallest absolute Gasteiger partial charge is 0.408 e. The van der Waals surface area contributed by atoms with Crippen molar-refractivity contribution in [3.05, 3.63) is 71.3 Å². The zero-order valence-corrected chi connectivity index (χ0v) is 21.0. The molecule has 3 rings (SSSR count). The molecular weight excluding hydrogens is 494 g/mol. The number of hydrogen-bond acceptors (Lipinski definition) is 7. The number of nitrogens with one attached hydrogen (secondary N) is 3. The number of carbonyl (C=O) groups excluding carboxylic acids is 4. The summed E-state index contributed by atoms with van der Waals surface area (Å²) in [6, 6.07) is 14.0. The Morgan fingerprint density at radius 2 is 1.53 bits per heavy atom. The Bertz CT molecular complexity index is 1130. The Labute approximate surface area is 219 Å². The van der Waals surface area contributed by atoms with Gasteiger partial charge in [0, 0.05) is 0 Å². The molecule has 0 radical (unpaired) electrons. The van der Waals surface area contributed by atoms with Crippen LogP contribution in [0.4, 0.5) is 4.79 Å². The van der Waals surface area contributed by atoms with E-state index in [4.69, 9.17) is 14.6 Å². The van der Waals surface area contributed by atoms with Crippen LogP contribution < -0.4 is 16.0 Å². The third-order valence-electron chi connectivity index (χ3n) is 6.05. The van der Waals surface area contributed by atoms with Gasteiger partial charge in [0.15, 0.2) is 0 Å². The largest absolute Gasteiger partial charge is 0.480 e. The number of esters is 1. The summed E-state index contributed by atoms with van der Waals surface area (Å²) in [5, 5.41) is 16.3. The molecule has 4 N–H and O–H groups in total. The molecule has 0 aromatic heterocycles. The maximum absolute atomic E-state index is 13.3. The molecule has 38 heavy (non-hydrogen) atoms. The third-order valence-corrected chi connectivity index (χ3v) is 6.05. The third kappa shape index (κ3) is 8.32. The maximum atomic E-state index is 13.3. The number of carboxylic acids is 1. The summed E-state index contributed by atoms with van der Waals surface area (Å²) in [6.45, 7) is 1.00. The molecule has 202 valence electrons. The zero-order valence-electron chi connectivity index (χ0n) is 21.0. The predicted molar refractivity (Wildman–Crippen MR) is 135 cm³/mol. The molecule has 1 aliphatic rings.